The van der Waals surface area contributed by atoms with Gasteiger partial charge in [-0.3, -0.25) is 9.59 Å². The normalized spacial score (nSPS) is 11.7. The Morgan fingerprint density at radius 1 is 0.605 bits per heavy atom. The molecule has 0 N–H and O–H groups in total. The van der Waals surface area contributed by atoms with Gasteiger partial charge in [0.25, 0.3) is 0 Å². The van der Waals surface area contributed by atoms with Crippen LogP contribution >= 0.6 is 45.3 Å². The predicted molar refractivity (Wildman–Crippen MR) is 169 cm³/mol. The van der Waals surface area contributed by atoms with Crippen LogP contribution in [0.5, 0.6) is 0 Å². The number of benzene rings is 2. The van der Waals surface area contributed by atoms with E-state index in [0.29, 0.717) is 0 Å². The van der Waals surface area contributed by atoms with Gasteiger partial charge in [-0.05, 0) is 71.8 Å². The van der Waals surface area contributed by atoms with Crippen molar-refractivity contribution >= 4 is 88.9 Å². The molecule has 6 aromatic rings. The van der Waals surface area contributed by atoms with E-state index in [4.69, 9.17) is 0 Å². The van der Waals surface area contributed by atoms with Crippen molar-refractivity contribution in [2.75, 3.05) is 0 Å². The van der Waals surface area contributed by atoms with Gasteiger partial charge in [0, 0.05) is 39.7 Å². The summed E-state index contributed by atoms with van der Waals surface area (Å²) in [6, 6.07) is 17.8. The first-order valence-corrected chi connectivity index (χ1v) is 16.4. The number of carbonyl (C=O) groups excluding carboxylic acids is 2. The summed E-state index contributed by atoms with van der Waals surface area (Å²) in [5.74, 6) is 0. The third-order valence-electron chi connectivity index (χ3n) is 7.10. The van der Waals surface area contributed by atoms with Crippen LogP contribution in [0.2, 0.25) is 0 Å². The van der Waals surface area contributed by atoms with E-state index in [9.17, 15) is 9.59 Å². The average molecular weight is 573 g/mol. The van der Waals surface area contributed by atoms with E-state index in [-0.39, 0.29) is 0 Å². The lowest BCUT2D eigenvalue weighted by Gasteiger charge is -2.01. The quantitative estimate of drug-likeness (QED) is 0.153. The fourth-order valence-corrected chi connectivity index (χ4v) is 9.86. The Hall–Kier alpha value is -2.64. The third kappa shape index (κ3) is 4.58. The summed E-state index contributed by atoms with van der Waals surface area (Å²) >= 11 is 6.92. The monoisotopic (exact) mass is 572 g/mol. The van der Waals surface area contributed by atoms with E-state index in [1.807, 2.05) is 22.7 Å². The highest BCUT2D eigenvalue weighted by atomic mass is 32.1. The molecule has 0 aliphatic carbocycles. The van der Waals surface area contributed by atoms with Crippen LogP contribution in [0, 0.1) is 0 Å². The van der Waals surface area contributed by atoms with Crippen LogP contribution in [0.3, 0.4) is 0 Å². The second-order valence-corrected chi connectivity index (χ2v) is 14.0. The Kier molecular flexibility index (Phi) is 7.32. The number of hydrogen-bond donors (Lipinski definition) is 0. The van der Waals surface area contributed by atoms with Gasteiger partial charge in [-0.2, -0.15) is 0 Å². The van der Waals surface area contributed by atoms with Crippen LogP contribution in [0.15, 0.2) is 48.5 Å². The highest BCUT2D eigenvalue weighted by Gasteiger charge is 2.18. The predicted octanol–water partition coefficient (Wildman–Crippen LogP) is 11.0. The largest absolute Gasteiger partial charge is 0.297 e. The first-order chi connectivity index (χ1) is 18.6. The maximum Gasteiger partial charge on any atom is 0.160 e. The van der Waals surface area contributed by atoms with Crippen LogP contribution in [-0.2, 0) is 12.8 Å². The molecule has 6 rings (SSSR count). The zero-order valence-corrected chi connectivity index (χ0v) is 24.7. The zero-order chi connectivity index (χ0) is 26.2. The van der Waals surface area contributed by atoms with Gasteiger partial charge in [-0.1, -0.05) is 51.0 Å². The fourth-order valence-electron chi connectivity index (χ4n) is 5.16. The van der Waals surface area contributed by atoms with Gasteiger partial charge in [0.05, 0.1) is 9.75 Å². The van der Waals surface area contributed by atoms with E-state index in [1.54, 1.807) is 22.7 Å². The Morgan fingerprint density at radius 2 is 1.05 bits per heavy atom. The minimum absolute atomic E-state index is 0.811. The molecule has 0 bridgehead atoms. The number of rotatable bonds is 10. The minimum Gasteiger partial charge on any atom is -0.297 e. The average Bonchev–Trinajstić information content (AvgIpc) is 3.73. The van der Waals surface area contributed by atoms with Crippen LogP contribution in [0.1, 0.15) is 70.0 Å². The van der Waals surface area contributed by atoms with Gasteiger partial charge >= 0.3 is 0 Å². The molecule has 0 saturated heterocycles. The molecule has 38 heavy (non-hydrogen) atoms. The van der Waals surface area contributed by atoms with Crippen molar-refractivity contribution < 1.29 is 9.59 Å². The van der Waals surface area contributed by atoms with Gasteiger partial charge in [-0.15, -0.1) is 45.3 Å². The molecular weight excluding hydrogens is 545 g/mol. The summed E-state index contributed by atoms with van der Waals surface area (Å²) in [6.45, 7) is 4.42. The second-order valence-electron chi connectivity index (χ2n) is 9.73. The molecule has 4 aromatic heterocycles. The molecule has 0 radical (unpaired) electrons. The Balaban J connectivity index is 1.47. The first-order valence-electron chi connectivity index (χ1n) is 13.2. The molecular formula is C32H28O2S4. The van der Waals surface area contributed by atoms with Crippen molar-refractivity contribution in [1.82, 2.24) is 0 Å². The van der Waals surface area contributed by atoms with E-state index in [2.05, 4.69) is 62.4 Å². The van der Waals surface area contributed by atoms with Crippen molar-refractivity contribution in [1.29, 1.82) is 0 Å². The van der Waals surface area contributed by atoms with Crippen LogP contribution in [0.4, 0.5) is 0 Å². The van der Waals surface area contributed by atoms with Gasteiger partial charge in [0.1, 0.15) is 0 Å². The summed E-state index contributed by atoms with van der Waals surface area (Å²) in [4.78, 5) is 29.7. The molecule has 0 amide bonds. The molecule has 0 fully saturated rings. The van der Waals surface area contributed by atoms with E-state index in [0.717, 1.165) is 60.9 Å². The molecule has 4 heterocycles. The van der Waals surface area contributed by atoms with Crippen LogP contribution in [-0.4, -0.2) is 12.6 Å². The molecule has 6 heteroatoms. The van der Waals surface area contributed by atoms with E-state index < -0.39 is 0 Å². The number of aryl methyl sites for hydroxylation is 2. The molecule has 2 aromatic carbocycles. The summed E-state index contributed by atoms with van der Waals surface area (Å²) < 4.78 is 2.61. The van der Waals surface area contributed by atoms with Crippen molar-refractivity contribution in [3.05, 3.63) is 69.4 Å². The van der Waals surface area contributed by atoms with Crippen LogP contribution in [0.25, 0.3) is 50.5 Å². The van der Waals surface area contributed by atoms with Gasteiger partial charge in [-0.25, -0.2) is 0 Å². The molecule has 2 nitrogen and oxygen atoms in total. The van der Waals surface area contributed by atoms with Crippen molar-refractivity contribution in [2.24, 2.45) is 0 Å². The van der Waals surface area contributed by atoms with E-state index in [1.165, 1.54) is 61.6 Å². The molecule has 0 saturated carbocycles. The smallest absolute Gasteiger partial charge is 0.160 e. The number of aldehydes is 2. The van der Waals surface area contributed by atoms with Gasteiger partial charge in [0.15, 0.2) is 12.6 Å². The fraction of sp³-hybridized carbons (Fsp3) is 0.250. The molecule has 0 spiro atoms. The third-order valence-corrected chi connectivity index (χ3v) is 12.0. The Morgan fingerprint density at radius 3 is 1.45 bits per heavy atom. The van der Waals surface area contributed by atoms with Crippen molar-refractivity contribution in [3.8, 4) is 19.5 Å². The summed E-state index contributed by atoms with van der Waals surface area (Å²) in [7, 11) is 0. The molecule has 0 aliphatic rings. The number of carbonyl (C=O) groups is 2. The highest BCUT2D eigenvalue weighted by Crippen LogP contribution is 2.46. The lowest BCUT2D eigenvalue weighted by molar-refractivity contribution is 0.111. The number of unbranched alkanes of at least 4 members (excludes halogenated alkanes) is 2. The second kappa shape index (κ2) is 10.9. The Bertz CT molecular complexity index is 1660. The lowest BCUT2D eigenvalue weighted by Crippen LogP contribution is -1.83. The topological polar surface area (TPSA) is 34.1 Å². The first kappa shape index (κ1) is 25.6. The van der Waals surface area contributed by atoms with Gasteiger partial charge < -0.3 is 0 Å². The molecule has 0 unspecified atom stereocenters. The number of fused-ring (bicyclic) bond motifs is 5. The van der Waals surface area contributed by atoms with Crippen LogP contribution < -0.4 is 0 Å². The van der Waals surface area contributed by atoms with Gasteiger partial charge in [0.2, 0.25) is 0 Å². The molecule has 0 atom stereocenters. The molecule has 192 valence electrons. The zero-order valence-electron chi connectivity index (χ0n) is 21.5. The lowest BCUT2D eigenvalue weighted by atomic mass is 10.1. The van der Waals surface area contributed by atoms with E-state index >= 15 is 0 Å². The molecule has 0 aliphatic heterocycles. The summed E-state index contributed by atoms with van der Waals surface area (Å²) in [6.07, 6.45) is 8.54. The highest BCUT2D eigenvalue weighted by molar-refractivity contribution is 7.28. The summed E-state index contributed by atoms with van der Waals surface area (Å²) in [5, 5.41) is 5.08. The maximum atomic E-state index is 11.5. The minimum atomic E-state index is 0.811. The number of hydrogen-bond acceptors (Lipinski definition) is 6. The van der Waals surface area contributed by atoms with Crippen molar-refractivity contribution in [3.63, 3.8) is 0 Å². The SMILES string of the molecule is CCCCc1cc(C=O)sc1-c1cc2ccc3c(ccc4cc(-c5sc(C=O)cc5CCCC)sc43)c2s1. The summed E-state index contributed by atoms with van der Waals surface area (Å²) in [5.41, 5.74) is 2.59. The number of thiophene rings is 4. The maximum absolute atomic E-state index is 11.5. The Labute approximate surface area is 238 Å². The van der Waals surface area contributed by atoms with Crippen molar-refractivity contribution in [2.45, 2.75) is 52.4 Å². The standard InChI is InChI=1S/C32H28O2S4/c1-3-5-7-19-13-23(17-33)35-31(19)27-15-21-9-11-26-25(29(21)37-27)12-10-22-16-28(38-30(22)26)32-20(8-6-4-2)14-24(18-34)36-32/h9-18H,3-8H2,1-2H3.